The van der Waals surface area contributed by atoms with E-state index in [0.717, 1.165) is 4.31 Å². The van der Waals surface area contributed by atoms with Gasteiger partial charge in [0.25, 0.3) is 10.0 Å². The minimum absolute atomic E-state index is 0.126. The minimum atomic E-state index is -3.71. The molecule has 9 nitrogen and oxygen atoms in total. The van der Waals surface area contributed by atoms with Crippen LogP contribution in [0.5, 0.6) is 0 Å². The van der Waals surface area contributed by atoms with Gasteiger partial charge in [-0.05, 0) is 45.4 Å². The fourth-order valence-corrected chi connectivity index (χ4v) is 3.31. The molecule has 0 unspecified atom stereocenters. The molecular weight excluding hydrogens is 388 g/mol. The van der Waals surface area contributed by atoms with Crippen molar-refractivity contribution < 1.29 is 31.9 Å². The zero-order valence-electron chi connectivity index (χ0n) is 16.7. The number of carbonyl (C=O) groups excluding carboxylic acids is 2. The Hall–Kier alpha value is -2.59. The summed E-state index contributed by atoms with van der Waals surface area (Å²) in [5.74, 6) is -1.04. The molecule has 2 aromatic heterocycles. The molecule has 10 heteroatoms. The number of ether oxygens (including phenoxy) is 2. The molecule has 0 fully saturated rings. The van der Waals surface area contributed by atoms with Crippen LogP contribution in [-0.4, -0.2) is 49.8 Å². The lowest BCUT2D eigenvalue weighted by Crippen LogP contribution is -2.21. The van der Waals surface area contributed by atoms with Crippen LogP contribution in [0, 0.1) is 13.8 Å². The summed E-state index contributed by atoms with van der Waals surface area (Å²) in [5, 5.41) is -0.242. The van der Waals surface area contributed by atoms with Crippen LogP contribution in [0.15, 0.2) is 21.6 Å². The average molecular weight is 412 g/mol. The molecule has 2 rings (SSSR count). The molecule has 0 atom stereocenters. The zero-order chi connectivity index (χ0) is 21.2. The van der Waals surface area contributed by atoms with Crippen LogP contribution in [0.3, 0.4) is 0 Å². The van der Waals surface area contributed by atoms with Gasteiger partial charge in [-0.25, -0.2) is 22.3 Å². The first-order valence-electron chi connectivity index (χ1n) is 8.53. The van der Waals surface area contributed by atoms with Crippen LogP contribution in [0.25, 0.3) is 0 Å². The SMILES string of the molecule is Cc1[nH]c(C(=O)OCc2ccc(S(=O)(=O)N(C)C)o2)c(C)c1C(=O)OC(C)C. The first-order chi connectivity index (χ1) is 12.9. The first-order valence-corrected chi connectivity index (χ1v) is 9.97. The highest BCUT2D eigenvalue weighted by Crippen LogP contribution is 2.22. The highest BCUT2D eigenvalue weighted by molar-refractivity contribution is 7.88. The molecule has 2 heterocycles. The fraction of sp³-hybridized carbons (Fsp3) is 0.444. The molecule has 0 spiro atoms. The van der Waals surface area contributed by atoms with E-state index < -0.39 is 22.0 Å². The van der Waals surface area contributed by atoms with Crippen molar-refractivity contribution in [3.8, 4) is 0 Å². The number of esters is 2. The van der Waals surface area contributed by atoms with Crippen LogP contribution in [0.4, 0.5) is 0 Å². The van der Waals surface area contributed by atoms with Crippen molar-refractivity contribution in [2.45, 2.75) is 45.5 Å². The number of sulfonamides is 1. The molecule has 2 aromatic rings. The van der Waals surface area contributed by atoms with Gasteiger partial charge in [0.2, 0.25) is 5.09 Å². The molecule has 0 aliphatic heterocycles. The number of H-pyrrole nitrogens is 1. The van der Waals surface area contributed by atoms with E-state index in [4.69, 9.17) is 13.9 Å². The van der Waals surface area contributed by atoms with E-state index in [0.29, 0.717) is 11.3 Å². The van der Waals surface area contributed by atoms with Crippen LogP contribution in [0.1, 0.15) is 51.7 Å². The Kier molecular flexibility index (Phi) is 6.35. The fourth-order valence-electron chi connectivity index (χ4n) is 2.50. The number of furan rings is 1. The summed E-state index contributed by atoms with van der Waals surface area (Å²) < 4.78 is 40.6. The van der Waals surface area contributed by atoms with Gasteiger partial charge in [-0.1, -0.05) is 0 Å². The van der Waals surface area contributed by atoms with Gasteiger partial charge in [0.1, 0.15) is 18.1 Å². The van der Waals surface area contributed by atoms with Gasteiger partial charge in [-0.3, -0.25) is 0 Å². The maximum Gasteiger partial charge on any atom is 0.355 e. The van der Waals surface area contributed by atoms with Crippen molar-refractivity contribution >= 4 is 22.0 Å². The lowest BCUT2D eigenvalue weighted by atomic mass is 10.1. The Morgan fingerprint density at radius 1 is 1.18 bits per heavy atom. The third-order valence-corrected chi connectivity index (χ3v) is 5.60. The molecule has 0 saturated carbocycles. The van der Waals surface area contributed by atoms with Gasteiger partial charge in [-0.2, -0.15) is 0 Å². The second kappa shape index (κ2) is 8.19. The number of aromatic nitrogens is 1. The quantitative estimate of drug-likeness (QED) is 0.694. The van der Waals surface area contributed by atoms with Gasteiger partial charge >= 0.3 is 11.9 Å². The summed E-state index contributed by atoms with van der Waals surface area (Å²) in [6.07, 6.45) is -0.289. The maximum atomic E-state index is 12.4. The van der Waals surface area contributed by atoms with E-state index in [9.17, 15) is 18.0 Å². The second-order valence-corrected chi connectivity index (χ2v) is 8.75. The molecule has 0 radical (unpaired) electrons. The van der Waals surface area contributed by atoms with Crippen molar-refractivity contribution in [2.75, 3.05) is 14.1 Å². The van der Waals surface area contributed by atoms with Gasteiger partial charge in [0, 0.05) is 19.8 Å². The maximum absolute atomic E-state index is 12.4. The van der Waals surface area contributed by atoms with E-state index >= 15 is 0 Å². The Labute approximate surface area is 163 Å². The van der Waals surface area contributed by atoms with E-state index in [1.165, 1.54) is 26.2 Å². The third-order valence-electron chi connectivity index (χ3n) is 3.91. The number of nitrogens with one attached hydrogen (secondary N) is 1. The number of carbonyl (C=O) groups is 2. The molecule has 154 valence electrons. The third kappa shape index (κ3) is 4.45. The molecule has 1 N–H and O–H groups in total. The predicted molar refractivity (Wildman–Crippen MR) is 99.5 cm³/mol. The summed E-state index contributed by atoms with van der Waals surface area (Å²) in [5.41, 5.74) is 1.33. The van der Waals surface area contributed by atoms with Crippen molar-refractivity contribution in [3.63, 3.8) is 0 Å². The highest BCUT2D eigenvalue weighted by Gasteiger charge is 2.25. The summed E-state index contributed by atoms with van der Waals surface area (Å²) in [4.78, 5) is 27.4. The van der Waals surface area contributed by atoms with Crippen molar-refractivity contribution in [1.82, 2.24) is 9.29 Å². The predicted octanol–water partition coefficient (Wildman–Crippen LogP) is 2.40. The molecule has 0 aliphatic rings. The normalized spacial score (nSPS) is 11.9. The van der Waals surface area contributed by atoms with E-state index in [2.05, 4.69) is 4.98 Å². The van der Waals surface area contributed by atoms with E-state index in [1.807, 2.05) is 0 Å². The van der Waals surface area contributed by atoms with E-state index in [-0.39, 0.29) is 34.8 Å². The smallest absolute Gasteiger partial charge is 0.355 e. The van der Waals surface area contributed by atoms with E-state index in [1.54, 1.807) is 27.7 Å². The lowest BCUT2D eigenvalue weighted by Gasteiger charge is -2.08. The molecule has 28 heavy (non-hydrogen) atoms. The summed E-state index contributed by atoms with van der Waals surface area (Å²) in [7, 11) is -0.937. The largest absolute Gasteiger partial charge is 0.459 e. The van der Waals surface area contributed by atoms with Crippen molar-refractivity contribution in [3.05, 3.63) is 40.4 Å². The van der Waals surface area contributed by atoms with Crippen LogP contribution < -0.4 is 0 Å². The second-order valence-electron chi connectivity index (χ2n) is 6.66. The van der Waals surface area contributed by atoms with Crippen molar-refractivity contribution in [2.24, 2.45) is 0 Å². The topological polar surface area (TPSA) is 119 Å². The van der Waals surface area contributed by atoms with Crippen LogP contribution in [0.2, 0.25) is 0 Å². The lowest BCUT2D eigenvalue weighted by molar-refractivity contribution is 0.0376. The molecule has 0 saturated heterocycles. The van der Waals surface area contributed by atoms with Crippen LogP contribution >= 0.6 is 0 Å². The van der Waals surface area contributed by atoms with Gasteiger partial charge in [0.05, 0.1) is 11.7 Å². The molecule has 0 aromatic carbocycles. The van der Waals surface area contributed by atoms with Gasteiger partial charge in [-0.15, -0.1) is 0 Å². The molecule has 0 bridgehead atoms. The zero-order valence-corrected chi connectivity index (χ0v) is 17.5. The van der Waals surface area contributed by atoms with Gasteiger partial charge in [0.15, 0.2) is 0 Å². The highest BCUT2D eigenvalue weighted by atomic mass is 32.2. The molecule has 0 amide bonds. The summed E-state index contributed by atoms with van der Waals surface area (Å²) in [6.45, 7) is 6.49. The number of rotatable bonds is 7. The van der Waals surface area contributed by atoms with Crippen LogP contribution in [-0.2, 0) is 26.1 Å². The Balaban J connectivity index is 2.13. The monoisotopic (exact) mass is 412 g/mol. The number of aryl methyl sites for hydroxylation is 1. The Morgan fingerprint density at radius 3 is 2.39 bits per heavy atom. The minimum Gasteiger partial charge on any atom is -0.459 e. The number of aromatic amines is 1. The number of nitrogens with zero attached hydrogens (tertiary/aromatic N) is 1. The molecule has 0 aliphatic carbocycles. The number of hydrogen-bond acceptors (Lipinski definition) is 7. The Morgan fingerprint density at radius 2 is 1.82 bits per heavy atom. The van der Waals surface area contributed by atoms with Gasteiger partial charge < -0.3 is 18.9 Å². The Bertz CT molecular complexity index is 984. The molecular formula is C18H24N2O7S. The average Bonchev–Trinajstić information content (AvgIpc) is 3.16. The standard InChI is InChI=1S/C18H24N2O7S/c1-10(2)26-17(21)15-11(3)16(19-12(15)4)18(22)25-9-13-7-8-14(27-13)28(23,24)20(5)6/h7-8,10,19H,9H2,1-6H3. The van der Waals surface area contributed by atoms with Crippen molar-refractivity contribution in [1.29, 1.82) is 0 Å². The number of hydrogen-bond donors (Lipinski definition) is 1. The first kappa shape index (κ1) is 21.7. The summed E-state index contributed by atoms with van der Waals surface area (Å²) in [6, 6.07) is 2.71. The summed E-state index contributed by atoms with van der Waals surface area (Å²) >= 11 is 0.